The van der Waals surface area contributed by atoms with Gasteiger partial charge in [-0.05, 0) is 59.7 Å². The van der Waals surface area contributed by atoms with Gasteiger partial charge in [-0.2, -0.15) is 0 Å². The van der Waals surface area contributed by atoms with Gasteiger partial charge in [-0.1, -0.05) is 54.0 Å². The van der Waals surface area contributed by atoms with Crippen LogP contribution in [0.15, 0.2) is 36.4 Å². The molecule has 0 radical (unpaired) electrons. The first-order valence-corrected chi connectivity index (χ1v) is 7.99. The number of halogens is 2. The van der Waals surface area contributed by atoms with E-state index in [0.29, 0.717) is 0 Å². The first kappa shape index (κ1) is 15.2. The molecule has 1 atom stereocenters. The lowest BCUT2D eigenvalue weighted by atomic mass is 9.94. The van der Waals surface area contributed by atoms with Crippen LogP contribution in [0, 0.1) is 12.7 Å². The number of aryl methyl sites for hydroxylation is 3. The van der Waals surface area contributed by atoms with Crippen molar-refractivity contribution in [2.75, 3.05) is 0 Å². The second kappa shape index (κ2) is 6.53. The van der Waals surface area contributed by atoms with Gasteiger partial charge in [0.1, 0.15) is 5.82 Å². The summed E-state index contributed by atoms with van der Waals surface area (Å²) in [7, 11) is 0. The maximum atomic E-state index is 13.6. The Balaban J connectivity index is 2.48. The zero-order valence-corrected chi connectivity index (χ0v) is 13.8. The lowest BCUT2D eigenvalue weighted by Gasteiger charge is -2.17. The summed E-state index contributed by atoms with van der Waals surface area (Å²) >= 11 is 3.75. The topological polar surface area (TPSA) is 0 Å². The van der Waals surface area contributed by atoms with E-state index in [1.54, 1.807) is 12.1 Å². The summed E-state index contributed by atoms with van der Waals surface area (Å²) < 4.78 is 13.6. The Bertz CT molecular complexity index is 584. The lowest BCUT2D eigenvalue weighted by molar-refractivity contribution is 0.624. The van der Waals surface area contributed by atoms with Gasteiger partial charge in [-0.15, -0.1) is 0 Å². The molecule has 0 amide bonds. The molecule has 1 unspecified atom stereocenters. The standard InChI is InChI=1S/C18H20BrF/c1-4-13-6-7-14(5-2)17(10-13)18(19)15-8-12(3)9-16(20)11-15/h6-11,18H,4-5H2,1-3H3. The molecule has 0 heterocycles. The molecular formula is C18H20BrF. The molecule has 2 aromatic carbocycles. The van der Waals surface area contributed by atoms with Crippen LogP contribution in [0.4, 0.5) is 4.39 Å². The molecule has 0 saturated carbocycles. The summed E-state index contributed by atoms with van der Waals surface area (Å²) in [5.41, 5.74) is 5.80. The fourth-order valence-electron chi connectivity index (χ4n) is 2.51. The third kappa shape index (κ3) is 3.29. The first-order chi connectivity index (χ1) is 9.55. The van der Waals surface area contributed by atoms with Crippen molar-refractivity contribution in [1.29, 1.82) is 0 Å². The second-order valence-electron chi connectivity index (χ2n) is 5.16. The van der Waals surface area contributed by atoms with E-state index in [2.05, 4.69) is 48.0 Å². The van der Waals surface area contributed by atoms with Crippen LogP contribution in [-0.2, 0) is 12.8 Å². The average Bonchev–Trinajstić information content (AvgIpc) is 2.44. The largest absolute Gasteiger partial charge is 0.207 e. The summed E-state index contributed by atoms with van der Waals surface area (Å²) in [4.78, 5) is 0.0401. The van der Waals surface area contributed by atoms with Gasteiger partial charge in [0, 0.05) is 0 Å². The molecule has 0 fully saturated rings. The highest BCUT2D eigenvalue weighted by atomic mass is 79.9. The van der Waals surface area contributed by atoms with E-state index >= 15 is 0 Å². The van der Waals surface area contributed by atoms with Crippen LogP contribution in [0.5, 0.6) is 0 Å². The van der Waals surface area contributed by atoms with Crippen molar-refractivity contribution in [3.8, 4) is 0 Å². The van der Waals surface area contributed by atoms with Gasteiger partial charge < -0.3 is 0 Å². The fraction of sp³-hybridized carbons (Fsp3) is 0.333. The van der Waals surface area contributed by atoms with E-state index in [0.717, 1.165) is 24.0 Å². The van der Waals surface area contributed by atoms with Gasteiger partial charge in [0.2, 0.25) is 0 Å². The molecule has 2 aromatic rings. The van der Waals surface area contributed by atoms with Crippen molar-refractivity contribution >= 4 is 15.9 Å². The van der Waals surface area contributed by atoms with E-state index in [4.69, 9.17) is 0 Å². The van der Waals surface area contributed by atoms with Crippen molar-refractivity contribution in [2.24, 2.45) is 0 Å². The smallest absolute Gasteiger partial charge is 0.123 e. The maximum Gasteiger partial charge on any atom is 0.123 e. The van der Waals surface area contributed by atoms with E-state index < -0.39 is 0 Å². The Kier molecular flexibility index (Phi) is 4.98. The highest BCUT2D eigenvalue weighted by Crippen LogP contribution is 2.34. The summed E-state index contributed by atoms with van der Waals surface area (Å²) in [6, 6.07) is 11.8. The molecule has 0 aliphatic carbocycles. The summed E-state index contributed by atoms with van der Waals surface area (Å²) in [6.45, 7) is 6.23. The molecular weight excluding hydrogens is 315 g/mol. The molecule has 0 bridgehead atoms. The number of hydrogen-bond donors (Lipinski definition) is 0. The van der Waals surface area contributed by atoms with Crippen LogP contribution in [-0.4, -0.2) is 0 Å². The molecule has 2 heteroatoms. The van der Waals surface area contributed by atoms with Crippen LogP contribution in [0.3, 0.4) is 0 Å². The molecule has 0 aliphatic heterocycles. The first-order valence-electron chi connectivity index (χ1n) is 7.08. The van der Waals surface area contributed by atoms with E-state index in [1.807, 2.05) is 13.0 Å². The fourth-order valence-corrected chi connectivity index (χ4v) is 3.20. The van der Waals surface area contributed by atoms with Gasteiger partial charge in [0.05, 0.1) is 4.83 Å². The monoisotopic (exact) mass is 334 g/mol. The molecule has 0 aliphatic rings. The zero-order chi connectivity index (χ0) is 14.7. The van der Waals surface area contributed by atoms with Crippen molar-refractivity contribution in [3.05, 3.63) is 70.0 Å². The number of rotatable bonds is 4. The Hall–Kier alpha value is -1.15. The number of hydrogen-bond acceptors (Lipinski definition) is 0. The minimum Gasteiger partial charge on any atom is -0.207 e. The average molecular weight is 335 g/mol. The zero-order valence-electron chi connectivity index (χ0n) is 12.2. The molecule has 0 aromatic heterocycles. The van der Waals surface area contributed by atoms with Gasteiger partial charge in [0.15, 0.2) is 0 Å². The van der Waals surface area contributed by atoms with E-state index in [-0.39, 0.29) is 10.6 Å². The van der Waals surface area contributed by atoms with E-state index in [9.17, 15) is 4.39 Å². The Labute approximate surface area is 129 Å². The quantitative estimate of drug-likeness (QED) is 0.625. The minimum absolute atomic E-state index is 0.0401. The van der Waals surface area contributed by atoms with Crippen molar-refractivity contribution < 1.29 is 4.39 Å². The molecule has 0 spiro atoms. The summed E-state index contributed by atoms with van der Waals surface area (Å²) in [5, 5.41) is 0. The Morgan fingerprint density at radius 1 is 1.05 bits per heavy atom. The summed E-state index contributed by atoms with van der Waals surface area (Å²) in [6.07, 6.45) is 1.99. The minimum atomic E-state index is -0.172. The van der Waals surface area contributed by atoms with Crippen LogP contribution in [0.25, 0.3) is 0 Å². The second-order valence-corrected chi connectivity index (χ2v) is 6.08. The lowest BCUT2D eigenvalue weighted by Crippen LogP contribution is -2.00. The highest BCUT2D eigenvalue weighted by molar-refractivity contribution is 9.09. The molecule has 0 saturated heterocycles. The Morgan fingerprint density at radius 3 is 2.40 bits per heavy atom. The molecule has 106 valence electrons. The highest BCUT2D eigenvalue weighted by Gasteiger charge is 2.15. The Morgan fingerprint density at radius 2 is 1.80 bits per heavy atom. The number of alkyl halides is 1. The predicted molar refractivity (Wildman–Crippen MR) is 87.1 cm³/mol. The van der Waals surface area contributed by atoms with Crippen LogP contribution < -0.4 is 0 Å². The normalized spacial score (nSPS) is 12.4. The van der Waals surface area contributed by atoms with E-state index in [1.165, 1.54) is 16.7 Å². The van der Waals surface area contributed by atoms with Gasteiger partial charge in [0.25, 0.3) is 0 Å². The molecule has 2 rings (SSSR count). The molecule has 0 N–H and O–H groups in total. The van der Waals surface area contributed by atoms with Gasteiger partial charge in [-0.3, -0.25) is 0 Å². The van der Waals surface area contributed by atoms with Crippen molar-refractivity contribution in [3.63, 3.8) is 0 Å². The molecule has 0 nitrogen and oxygen atoms in total. The predicted octanol–water partition coefficient (Wildman–Crippen LogP) is 5.74. The maximum absolute atomic E-state index is 13.6. The third-order valence-corrected chi connectivity index (χ3v) is 4.65. The van der Waals surface area contributed by atoms with Crippen LogP contribution in [0.1, 0.15) is 46.5 Å². The summed E-state index contributed by atoms with van der Waals surface area (Å²) in [5.74, 6) is -0.172. The van der Waals surface area contributed by atoms with Gasteiger partial charge in [-0.25, -0.2) is 4.39 Å². The van der Waals surface area contributed by atoms with Gasteiger partial charge >= 0.3 is 0 Å². The van der Waals surface area contributed by atoms with Crippen LogP contribution in [0.2, 0.25) is 0 Å². The van der Waals surface area contributed by atoms with Crippen molar-refractivity contribution in [2.45, 2.75) is 38.4 Å². The number of benzene rings is 2. The van der Waals surface area contributed by atoms with Crippen LogP contribution >= 0.6 is 15.9 Å². The molecule has 20 heavy (non-hydrogen) atoms. The third-order valence-electron chi connectivity index (χ3n) is 3.63. The van der Waals surface area contributed by atoms with Crippen molar-refractivity contribution in [1.82, 2.24) is 0 Å². The SMILES string of the molecule is CCc1ccc(CC)c(C(Br)c2cc(C)cc(F)c2)c1.